The molecule has 2 atom stereocenters. The van der Waals surface area contributed by atoms with Crippen molar-refractivity contribution in [3.05, 3.63) is 0 Å². The maximum Gasteiger partial charge on any atom is 0.307 e. The Kier molecular flexibility index (Phi) is 3.60. The first-order chi connectivity index (χ1) is 8.78. The van der Waals surface area contributed by atoms with Gasteiger partial charge in [-0.3, -0.25) is 9.59 Å². The molecule has 0 bridgehead atoms. The number of rotatable bonds is 4. The molecule has 5 heteroatoms. The maximum absolute atomic E-state index is 12.0. The highest BCUT2D eigenvalue weighted by Crippen LogP contribution is 2.58. The summed E-state index contributed by atoms with van der Waals surface area (Å²) >= 11 is 0. The second-order valence-electron chi connectivity index (χ2n) is 6.62. The number of hydrogen-bond acceptors (Lipinski definition) is 3. The third-order valence-corrected chi connectivity index (χ3v) is 4.75. The standard InChI is InChI=1S/C14H23NO4/c1-13(2)9(10(13)12(17)18)11(16)15-8-14(19)6-4-3-5-7-14/h9-10,19H,3-8H2,1-2H3,(H,15,16)(H,17,18)/t9-,10+/m1/s1. The number of carboxylic acid groups (broad SMARTS) is 1. The first-order valence-corrected chi connectivity index (χ1v) is 7.01. The zero-order valence-electron chi connectivity index (χ0n) is 11.6. The molecule has 0 radical (unpaired) electrons. The summed E-state index contributed by atoms with van der Waals surface area (Å²) in [6.45, 7) is 3.83. The van der Waals surface area contributed by atoms with Gasteiger partial charge in [-0.25, -0.2) is 0 Å². The average Bonchev–Trinajstić information content (AvgIpc) is 2.91. The van der Waals surface area contributed by atoms with Crippen LogP contribution in [0, 0.1) is 17.3 Å². The minimum absolute atomic E-state index is 0.239. The number of amides is 1. The van der Waals surface area contributed by atoms with Gasteiger partial charge in [-0.15, -0.1) is 0 Å². The lowest BCUT2D eigenvalue weighted by molar-refractivity contribution is -0.140. The van der Waals surface area contributed by atoms with Gasteiger partial charge in [0.2, 0.25) is 5.91 Å². The van der Waals surface area contributed by atoms with Gasteiger partial charge in [-0.2, -0.15) is 0 Å². The molecule has 0 aromatic heterocycles. The van der Waals surface area contributed by atoms with E-state index in [-0.39, 0.29) is 12.5 Å². The summed E-state index contributed by atoms with van der Waals surface area (Å²) in [6.07, 6.45) is 4.53. The highest BCUT2D eigenvalue weighted by Gasteiger charge is 2.65. The zero-order valence-corrected chi connectivity index (χ0v) is 11.6. The molecule has 2 rings (SSSR count). The average molecular weight is 269 g/mol. The van der Waals surface area contributed by atoms with Crippen LogP contribution in [0.4, 0.5) is 0 Å². The van der Waals surface area contributed by atoms with Crippen LogP contribution in [-0.4, -0.2) is 34.2 Å². The van der Waals surface area contributed by atoms with E-state index in [0.29, 0.717) is 12.8 Å². The molecule has 0 aliphatic heterocycles. The first kappa shape index (κ1) is 14.3. The van der Waals surface area contributed by atoms with Gasteiger partial charge in [-0.1, -0.05) is 33.1 Å². The third kappa shape index (κ3) is 2.76. The predicted molar refractivity (Wildman–Crippen MR) is 69.4 cm³/mol. The van der Waals surface area contributed by atoms with Gasteiger partial charge in [0.1, 0.15) is 0 Å². The summed E-state index contributed by atoms with van der Waals surface area (Å²) < 4.78 is 0. The fourth-order valence-corrected chi connectivity index (χ4v) is 3.34. The molecule has 0 saturated heterocycles. The molecule has 5 nitrogen and oxygen atoms in total. The van der Waals surface area contributed by atoms with Crippen molar-refractivity contribution in [2.45, 2.75) is 51.6 Å². The predicted octanol–water partition coefficient (Wildman–Crippen LogP) is 1.15. The van der Waals surface area contributed by atoms with Crippen LogP contribution in [0.1, 0.15) is 46.0 Å². The van der Waals surface area contributed by atoms with Crippen molar-refractivity contribution < 1.29 is 19.8 Å². The molecule has 2 saturated carbocycles. The Morgan fingerprint density at radius 2 is 1.74 bits per heavy atom. The SMILES string of the molecule is CC1(C)[C@H](C(=O)O)[C@@H]1C(=O)NCC1(O)CCCCC1. The molecule has 1 amide bonds. The van der Waals surface area contributed by atoms with Gasteiger partial charge in [0, 0.05) is 6.54 Å². The number of nitrogens with one attached hydrogen (secondary N) is 1. The number of hydrogen-bond donors (Lipinski definition) is 3. The van der Waals surface area contributed by atoms with Crippen molar-refractivity contribution >= 4 is 11.9 Å². The minimum atomic E-state index is -0.915. The highest BCUT2D eigenvalue weighted by atomic mass is 16.4. The summed E-state index contributed by atoms with van der Waals surface area (Å²) in [7, 11) is 0. The molecule has 0 spiro atoms. The van der Waals surface area contributed by atoms with Crippen molar-refractivity contribution in [1.29, 1.82) is 0 Å². The van der Waals surface area contributed by atoms with Crippen molar-refractivity contribution in [1.82, 2.24) is 5.32 Å². The van der Waals surface area contributed by atoms with Gasteiger partial charge >= 0.3 is 5.97 Å². The number of carbonyl (C=O) groups is 2. The van der Waals surface area contributed by atoms with Crippen molar-refractivity contribution in [2.24, 2.45) is 17.3 Å². The van der Waals surface area contributed by atoms with Gasteiger partial charge in [-0.05, 0) is 18.3 Å². The Labute approximate surface area is 113 Å². The molecular weight excluding hydrogens is 246 g/mol. The summed E-state index contributed by atoms with van der Waals surface area (Å²) in [6, 6.07) is 0. The van der Waals surface area contributed by atoms with Crippen LogP contribution in [0.25, 0.3) is 0 Å². The number of aliphatic carboxylic acids is 1. The van der Waals surface area contributed by atoms with E-state index in [1.165, 1.54) is 0 Å². The summed E-state index contributed by atoms with van der Waals surface area (Å²) in [5.74, 6) is -2.23. The molecule has 2 aliphatic carbocycles. The van der Waals surface area contributed by atoms with Gasteiger partial charge < -0.3 is 15.5 Å². The van der Waals surface area contributed by atoms with Gasteiger partial charge in [0.25, 0.3) is 0 Å². The topological polar surface area (TPSA) is 86.6 Å². The monoisotopic (exact) mass is 269 g/mol. The van der Waals surface area contributed by atoms with E-state index < -0.39 is 28.8 Å². The lowest BCUT2D eigenvalue weighted by atomic mass is 9.85. The van der Waals surface area contributed by atoms with Crippen LogP contribution >= 0.6 is 0 Å². The van der Waals surface area contributed by atoms with E-state index in [1.54, 1.807) is 13.8 Å². The van der Waals surface area contributed by atoms with Crippen LogP contribution in [0.15, 0.2) is 0 Å². The molecule has 0 aromatic rings. The number of carboxylic acids is 1. The van der Waals surface area contributed by atoms with Crippen LogP contribution in [0.2, 0.25) is 0 Å². The van der Waals surface area contributed by atoms with Crippen LogP contribution in [-0.2, 0) is 9.59 Å². The highest BCUT2D eigenvalue weighted by molar-refractivity contribution is 5.91. The molecule has 19 heavy (non-hydrogen) atoms. The van der Waals surface area contributed by atoms with Gasteiger partial charge in [0.05, 0.1) is 17.4 Å². The fourth-order valence-electron chi connectivity index (χ4n) is 3.34. The van der Waals surface area contributed by atoms with E-state index in [1.807, 2.05) is 0 Å². The Bertz CT molecular complexity index is 385. The lowest BCUT2D eigenvalue weighted by Crippen LogP contribution is -2.45. The normalized spacial score (nSPS) is 31.5. The lowest BCUT2D eigenvalue weighted by Gasteiger charge is -2.32. The largest absolute Gasteiger partial charge is 0.481 e. The molecule has 3 N–H and O–H groups in total. The summed E-state index contributed by atoms with van der Waals surface area (Å²) in [5, 5.41) is 22.1. The Morgan fingerprint density at radius 3 is 2.21 bits per heavy atom. The Morgan fingerprint density at radius 1 is 1.16 bits per heavy atom. The molecule has 0 unspecified atom stereocenters. The summed E-state index contributed by atoms with van der Waals surface area (Å²) in [5.41, 5.74) is -1.28. The molecule has 108 valence electrons. The smallest absolute Gasteiger partial charge is 0.307 e. The van der Waals surface area contributed by atoms with Crippen LogP contribution < -0.4 is 5.32 Å². The molecule has 2 fully saturated rings. The quantitative estimate of drug-likeness (QED) is 0.714. The first-order valence-electron chi connectivity index (χ1n) is 7.01. The van der Waals surface area contributed by atoms with E-state index >= 15 is 0 Å². The van der Waals surface area contributed by atoms with Crippen LogP contribution in [0.3, 0.4) is 0 Å². The Hall–Kier alpha value is -1.10. The van der Waals surface area contributed by atoms with E-state index in [0.717, 1.165) is 19.3 Å². The third-order valence-electron chi connectivity index (χ3n) is 4.75. The van der Waals surface area contributed by atoms with E-state index in [2.05, 4.69) is 5.32 Å². The Balaban J connectivity index is 1.87. The molecule has 0 heterocycles. The molecule has 0 aromatic carbocycles. The van der Waals surface area contributed by atoms with Crippen molar-refractivity contribution in [3.63, 3.8) is 0 Å². The van der Waals surface area contributed by atoms with Gasteiger partial charge in [0.15, 0.2) is 0 Å². The van der Waals surface area contributed by atoms with Crippen molar-refractivity contribution in [3.8, 4) is 0 Å². The van der Waals surface area contributed by atoms with E-state index in [4.69, 9.17) is 5.11 Å². The minimum Gasteiger partial charge on any atom is -0.481 e. The van der Waals surface area contributed by atoms with Crippen LogP contribution in [0.5, 0.6) is 0 Å². The second kappa shape index (κ2) is 4.78. The second-order valence-corrected chi connectivity index (χ2v) is 6.62. The van der Waals surface area contributed by atoms with E-state index in [9.17, 15) is 14.7 Å². The number of carbonyl (C=O) groups excluding carboxylic acids is 1. The number of aliphatic hydroxyl groups is 1. The maximum atomic E-state index is 12.0. The molecule has 2 aliphatic rings. The molecular formula is C14H23NO4. The summed E-state index contributed by atoms with van der Waals surface area (Å²) in [4.78, 5) is 23.1. The van der Waals surface area contributed by atoms with Crippen molar-refractivity contribution in [2.75, 3.05) is 6.54 Å². The fraction of sp³-hybridized carbons (Fsp3) is 0.857. The zero-order chi connectivity index (χ0) is 14.3.